The van der Waals surface area contributed by atoms with Crippen molar-refractivity contribution in [1.82, 2.24) is 4.98 Å². The largest absolute Gasteiger partial charge is 0.357 e. The Bertz CT molecular complexity index is 559. The van der Waals surface area contributed by atoms with Gasteiger partial charge in [-0.05, 0) is 18.1 Å². The summed E-state index contributed by atoms with van der Waals surface area (Å²) in [5.74, 6) is -2.58. The van der Waals surface area contributed by atoms with Gasteiger partial charge in [0.2, 0.25) is 0 Å². The van der Waals surface area contributed by atoms with E-state index in [1.54, 1.807) is 12.1 Å². The summed E-state index contributed by atoms with van der Waals surface area (Å²) in [6.07, 6.45) is 0.139. The number of halogens is 3. The van der Waals surface area contributed by atoms with Crippen molar-refractivity contribution >= 4 is 22.5 Å². The highest BCUT2D eigenvalue weighted by molar-refractivity contribution is 6.35. The average molecular weight is 242 g/mol. The Kier molecular flexibility index (Phi) is 2.02. The Balaban J connectivity index is 2.26. The Morgan fingerprint density at radius 2 is 2.12 bits per heavy atom. The zero-order valence-electron chi connectivity index (χ0n) is 8.49. The fourth-order valence-corrected chi connectivity index (χ4v) is 2.58. The van der Waals surface area contributed by atoms with Gasteiger partial charge in [-0.1, -0.05) is 23.7 Å². The van der Waals surface area contributed by atoms with E-state index in [0.29, 0.717) is 11.4 Å². The molecule has 1 heterocycles. The summed E-state index contributed by atoms with van der Waals surface area (Å²) < 4.78 is 26.7. The van der Waals surface area contributed by atoms with Crippen molar-refractivity contribution in [3.63, 3.8) is 0 Å². The maximum atomic E-state index is 13.3. The Hall–Kier alpha value is -1.09. The second-order valence-electron chi connectivity index (χ2n) is 4.28. The molecule has 0 amide bonds. The number of aromatic nitrogens is 1. The van der Waals surface area contributed by atoms with E-state index in [0.717, 1.165) is 22.2 Å². The molecule has 1 nitrogen and oxygen atoms in total. The smallest absolute Gasteiger partial charge is 0.252 e. The summed E-state index contributed by atoms with van der Waals surface area (Å²) in [4.78, 5) is 3.16. The zero-order chi connectivity index (χ0) is 11.3. The van der Waals surface area contributed by atoms with E-state index < -0.39 is 5.92 Å². The van der Waals surface area contributed by atoms with Crippen molar-refractivity contribution < 1.29 is 8.78 Å². The number of nitrogens with one attached hydrogen (secondary N) is 1. The second-order valence-corrected chi connectivity index (χ2v) is 4.68. The molecule has 0 saturated carbocycles. The Labute approximate surface area is 96.4 Å². The third kappa shape index (κ3) is 1.42. The maximum Gasteiger partial charge on any atom is 0.252 e. The van der Waals surface area contributed by atoms with E-state index in [2.05, 4.69) is 4.98 Å². The van der Waals surface area contributed by atoms with Crippen molar-refractivity contribution in [2.75, 3.05) is 0 Å². The van der Waals surface area contributed by atoms with E-state index in [9.17, 15) is 8.78 Å². The van der Waals surface area contributed by atoms with Crippen molar-refractivity contribution in [3.8, 4) is 0 Å². The molecule has 0 bridgehead atoms. The first kappa shape index (κ1) is 10.1. The van der Waals surface area contributed by atoms with E-state index >= 15 is 0 Å². The molecular formula is C12H10ClF2N. The van der Waals surface area contributed by atoms with Gasteiger partial charge in [0.25, 0.3) is 5.92 Å². The van der Waals surface area contributed by atoms with Crippen LogP contribution in [-0.2, 0) is 12.8 Å². The number of rotatable bonds is 0. The van der Waals surface area contributed by atoms with Crippen molar-refractivity contribution in [3.05, 3.63) is 34.5 Å². The molecule has 1 aromatic heterocycles. The standard InChI is InChI=1S/C12H10ClF2N/c13-9-3-1-2-7-8-6-12(14,15)5-4-10(8)16-11(7)9/h1-3,16H,4-6H2. The molecule has 1 aliphatic carbocycles. The number of alkyl halides is 2. The van der Waals surface area contributed by atoms with E-state index in [-0.39, 0.29) is 12.8 Å². The molecular weight excluding hydrogens is 232 g/mol. The SMILES string of the molecule is FC1(F)CCc2[nH]c3c(Cl)cccc3c2C1. The van der Waals surface area contributed by atoms with Gasteiger partial charge in [-0.3, -0.25) is 0 Å². The molecule has 1 aromatic carbocycles. The number of benzene rings is 1. The van der Waals surface area contributed by atoms with Crippen LogP contribution >= 0.6 is 11.6 Å². The number of hydrogen-bond donors (Lipinski definition) is 1. The molecule has 1 N–H and O–H groups in total. The van der Waals surface area contributed by atoms with Crippen molar-refractivity contribution in [1.29, 1.82) is 0 Å². The van der Waals surface area contributed by atoms with Crippen LogP contribution in [0.15, 0.2) is 18.2 Å². The number of fused-ring (bicyclic) bond motifs is 3. The average Bonchev–Trinajstić information content (AvgIpc) is 2.57. The van der Waals surface area contributed by atoms with Gasteiger partial charge in [0.1, 0.15) is 0 Å². The van der Waals surface area contributed by atoms with Crippen molar-refractivity contribution in [2.24, 2.45) is 0 Å². The molecule has 0 unspecified atom stereocenters. The van der Waals surface area contributed by atoms with Gasteiger partial charge in [0.05, 0.1) is 10.5 Å². The molecule has 84 valence electrons. The lowest BCUT2D eigenvalue weighted by Crippen LogP contribution is -2.25. The quantitative estimate of drug-likeness (QED) is 0.719. The molecule has 0 fully saturated rings. The molecule has 2 aromatic rings. The van der Waals surface area contributed by atoms with Crippen LogP contribution in [0.2, 0.25) is 5.02 Å². The van der Waals surface area contributed by atoms with Gasteiger partial charge in [-0.15, -0.1) is 0 Å². The molecule has 0 aliphatic heterocycles. The summed E-state index contributed by atoms with van der Waals surface area (Å²) >= 11 is 6.03. The highest BCUT2D eigenvalue weighted by Gasteiger charge is 2.35. The van der Waals surface area contributed by atoms with E-state index in [1.807, 2.05) is 6.07 Å². The predicted molar refractivity (Wildman–Crippen MR) is 60.3 cm³/mol. The van der Waals surface area contributed by atoms with Gasteiger partial charge >= 0.3 is 0 Å². The normalized spacial score (nSPS) is 18.7. The number of aryl methyl sites for hydroxylation is 1. The topological polar surface area (TPSA) is 15.8 Å². The molecule has 0 atom stereocenters. The molecule has 4 heteroatoms. The molecule has 0 radical (unpaired) electrons. The van der Waals surface area contributed by atoms with E-state index in [4.69, 9.17) is 11.6 Å². The van der Waals surface area contributed by atoms with E-state index in [1.165, 1.54) is 0 Å². The first-order valence-electron chi connectivity index (χ1n) is 5.23. The minimum atomic E-state index is -2.58. The fourth-order valence-electron chi connectivity index (χ4n) is 2.36. The molecule has 0 saturated heterocycles. The zero-order valence-corrected chi connectivity index (χ0v) is 9.24. The third-order valence-corrected chi connectivity index (χ3v) is 3.47. The molecule has 0 spiro atoms. The summed E-state index contributed by atoms with van der Waals surface area (Å²) in [5.41, 5.74) is 2.43. The second kappa shape index (κ2) is 3.20. The van der Waals surface area contributed by atoms with Crippen LogP contribution in [0.5, 0.6) is 0 Å². The van der Waals surface area contributed by atoms with Crippen LogP contribution in [-0.4, -0.2) is 10.9 Å². The maximum absolute atomic E-state index is 13.3. The number of H-pyrrole nitrogens is 1. The highest BCUT2D eigenvalue weighted by atomic mass is 35.5. The molecule has 16 heavy (non-hydrogen) atoms. The summed E-state index contributed by atoms with van der Waals surface area (Å²) in [7, 11) is 0. The molecule has 3 rings (SSSR count). The van der Waals surface area contributed by atoms with Crippen LogP contribution < -0.4 is 0 Å². The van der Waals surface area contributed by atoms with Crippen LogP contribution in [0.4, 0.5) is 8.78 Å². The first-order chi connectivity index (χ1) is 7.57. The summed E-state index contributed by atoms with van der Waals surface area (Å²) in [6.45, 7) is 0. The van der Waals surface area contributed by atoms with Crippen LogP contribution in [0.25, 0.3) is 10.9 Å². The lowest BCUT2D eigenvalue weighted by Gasteiger charge is -2.21. The molecule has 1 aliphatic rings. The van der Waals surface area contributed by atoms with Gasteiger partial charge in [0.15, 0.2) is 0 Å². The Morgan fingerprint density at radius 1 is 1.31 bits per heavy atom. The number of para-hydroxylation sites is 1. The van der Waals surface area contributed by atoms with Gasteiger partial charge < -0.3 is 4.98 Å². The number of aromatic amines is 1. The first-order valence-corrected chi connectivity index (χ1v) is 5.60. The number of hydrogen-bond acceptors (Lipinski definition) is 0. The van der Waals surface area contributed by atoms with Gasteiger partial charge in [-0.25, -0.2) is 8.78 Å². The Morgan fingerprint density at radius 3 is 2.94 bits per heavy atom. The minimum Gasteiger partial charge on any atom is -0.357 e. The summed E-state index contributed by atoms with van der Waals surface area (Å²) in [6, 6.07) is 5.41. The summed E-state index contributed by atoms with van der Waals surface area (Å²) in [5, 5.41) is 1.43. The minimum absolute atomic E-state index is 0.0789. The monoisotopic (exact) mass is 241 g/mol. The van der Waals surface area contributed by atoms with Gasteiger partial charge in [-0.2, -0.15) is 0 Å². The fraction of sp³-hybridized carbons (Fsp3) is 0.333. The van der Waals surface area contributed by atoms with Crippen LogP contribution in [0, 0.1) is 0 Å². The third-order valence-electron chi connectivity index (χ3n) is 3.16. The lowest BCUT2D eigenvalue weighted by atomic mass is 9.92. The predicted octanol–water partition coefficient (Wildman–Crippen LogP) is 3.95. The van der Waals surface area contributed by atoms with Crippen LogP contribution in [0.3, 0.4) is 0 Å². The van der Waals surface area contributed by atoms with Crippen LogP contribution in [0.1, 0.15) is 17.7 Å². The lowest BCUT2D eigenvalue weighted by molar-refractivity contribution is -0.0121. The highest BCUT2D eigenvalue weighted by Crippen LogP contribution is 2.38. The van der Waals surface area contributed by atoms with Gasteiger partial charge in [0, 0.05) is 23.9 Å². The van der Waals surface area contributed by atoms with Crippen molar-refractivity contribution in [2.45, 2.75) is 25.2 Å².